The van der Waals surface area contributed by atoms with Crippen LogP contribution in [0, 0.1) is 5.92 Å². The van der Waals surface area contributed by atoms with Crippen LogP contribution in [0.15, 0.2) is 23.1 Å². The SMILES string of the molecule is CN1CC[C@@H](CNS(=O)(=O)c2cccc3c2OCC3)CC1=O. The van der Waals surface area contributed by atoms with Gasteiger partial charge in [-0.05, 0) is 24.0 Å². The molecule has 120 valence electrons. The first-order valence-corrected chi connectivity index (χ1v) is 8.94. The van der Waals surface area contributed by atoms with Gasteiger partial charge in [-0.15, -0.1) is 0 Å². The average Bonchev–Trinajstić information content (AvgIpc) is 2.97. The molecule has 0 aromatic heterocycles. The van der Waals surface area contributed by atoms with Crippen molar-refractivity contribution in [2.45, 2.75) is 24.2 Å². The molecule has 0 aliphatic carbocycles. The van der Waals surface area contributed by atoms with Gasteiger partial charge in [0.15, 0.2) is 0 Å². The van der Waals surface area contributed by atoms with Crippen molar-refractivity contribution in [1.82, 2.24) is 9.62 Å². The molecule has 0 unspecified atom stereocenters. The second-order valence-corrected chi connectivity index (χ2v) is 7.60. The van der Waals surface area contributed by atoms with E-state index in [1.54, 1.807) is 24.1 Å². The molecule has 0 bridgehead atoms. The Bertz CT molecular complexity index is 687. The summed E-state index contributed by atoms with van der Waals surface area (Å²) >= 11 is 0. The highest BCUT2D eigenvalue weighted by molar-refractivity contribution is 7.89. The highest BCUT2D eigenvalue weighted by atomic mass is 32.2. The molecule has 6 nitrogen and oxygen atoms in total. The molecule has 2 aliphatic rings. The molecule has 1 atom stereocenters. The lowest BCUT2D eigenvalue weighted by Crippen LogP contribution is -2.40. The van der Waals surface area contributed by atoms with Crippen LogP contribution in [0.3, 0.4) is 0 Å². The number of ether oxygens (including phenoxy) is 1. The van der Waals surface area contributed by atoms with Crippen molar-refractivity contribution in [2.24, 2.45) is 5.92 Å². The standard InChI is InChI=1S/C15H20N2O4S/c1-17-7-5-11(9-14(17)18)10-16-22(19,20)13-4-2-3-12-6-8-21-15(12)13/h2-4,11,16H,5-10H2,1H3/t11-/m1/s1. The van der Waals surface area contributed by atoms with Gasteiger partial charge in [0.1, 0.15) is 10.6 Å². The Kier molecular flexibility index (Phi) is 4.10. The van der Waals surface area contributed by atoms with Crippen LogP contribution < -0.4 is 9.46 Å². The van der Waals surface area contributed by atoms with Crippen LogP contribution in [0.5, 0.6) is 5.75 Å². The Morgan fingerprint density at radius 2 is 2.23 bits per heavy atom. The van der Waals surface area contributed by atoms with Gasteiger partial charge in [0.2, 0.25) is 15.9 Å². The number of hydrogen-bond donors (Lipinski definition) is 1. The minimum absolute atomic E-state index is 0.0520. The maximum atomic E-state index is 12.5. The number of carbonyl (C=O) groups is 1. The number of nitrogens with one attached hydrogen (secondary N) is 1. The number of rotatable bonds is 4. The molecule has 7 heteroatoms. The number of amides is 1. The molecule has 1 N–H and O–H groups in total. The Balaban J connectivity index is 1.70. The number of para-hydroxylation sites is 1. The zero-order valence-corrected chi connectivity index (χ0v) is 13.4. The van der Waals surface area contributed by atoms with Crippen molar-refractivity contribution in [3.05, 3.63) is 23.8 Å². The fourth-order valence-corrected chi connectivity index (χ4v) is 4.18. The Hall–Kier alpha value is -1.60. The summed E-state index contributed by atoms with van der Waals surface area (Å²) in [6.07, 6.45) is 1.94. The third kappa shape index (κ3) is 2.96. The van der Waals surface area contributed by atoms with Crippen LogP contribution in [0.2, 0.25) is 0 Å². The van der Waals surface area contributed by atoms with Crippen LogP contribution in [0.1, 0.15) is 18.4 Å². The van der Waals surface area contributed by atoms with Gasteiger partial charge >= 0.3 is 0 Å². The molecule has 0 spiro atoms. The van der Waals surface area contributed by atoms with Gasteiger partial charge in [0.05, 0.1) is 6.61 Å². The van der Waals surface area contributed by atoms with Crippen LogP contribution in [0.25, 0.3) is 0 Å². The van der Waals surface area contributed by atoms with Crippen molar-refractivity contribution in [3.63, 3.8) is 0 Å². The van der Waals surface area contributed by atoms with E-state index in [0.717, 1.165) is 18.4 Å². The van der Waals surface area contributed by atoms with Gasteiger partial charge in [-0.3, -0.25) is 4.79 Å². The van der Waals surface area contributed by atoms with E-state index >= 15 is 0 Å². The number of nitrogens with zero attached hydrogens (tertiary/aromatic N) is 1. The lowest BCUT2D eigenvalue weighted by Gasteiger charge is -2.28. The summed E-state index contributed by atoms with van der Waals surface area (Å²) in [4.78, 5) is 13.6. The number of benzene rings is 1. The topological polar surface area (TPSA) is 75.7 Å². The second kappa shape index (κ2) is 5.89. The van der Waals surface area contributed by atoms with E-state index in [1.165, 1.54) is 0 Å². The molecule has 1 aromatic carbocycles. The molecule has 1 fully saturated rings. The monoisotopic (exact) mass is 324 g/mol. The maximum absolute atomic E-state index is 12.5. The molecule has 1 amide bonds. The predicted molar refractivity (Wildman–Crippen MR) is 81.2 cm³/mol. The third-order valence-electron chi connectivity index (χ3n) is 4.29. The lowest BCUT2D eigenvalue weighted by atomic mass is 9.97. The summed E-state index contributed by atoms with van der Waals surface area (Å²) in [7, 11) is -1.84. The summed E-state index contributed by atoms with van der Waals surface area (Å²) in [6.45, 7) is 1.48. The van der Waals surface area contributed by atoms with Crippen LogP contribution in [-0.2, 0) is 21.2 Å². The minimum atomic E-state index is -3.62. The van der Waals surface area contributed by atoms with Crippen LogP contribution in [0.4, 0.5) is 0 Å². The highest BCUT2D eigenvalue weighted by Crippen LogP contribution is 2.32. The Morgan fingerprint density at radius 3 is 3.00 bits per heavy atom. The Morgan fingerprint density at radius 1 is 1.41 bits per heavy atom. The van der Waals surface area contributed by atoms with Gasteiger partial charge in [-0.1, -0.05) is 12.1 Å². The predicted octanol–water partition coefficient (Wildman–Crippen LogP) is 0.768. The van der Waals surface area contributed by atoms with Crippen molar-refractivity contribution in [3.8, 4) is 5.75 Å². The zero-order valence-electron chi connectivity index (χ0n) is 12.5. The smallest absolute Gasteiger partial charge is 0.244 e. The number of likely N-dealkylation sites (tertiary alicyclic amines) is 1. The molecule has 3 rings (SSSR count). The van der Waals surface area contributed by atoms with Crippen molar-refractivity contribution in [2.75, 3.05) is 26.7 Å². The number of sulfonamides is 1. The summed E-state index contributed by atoms with van der Waals surface area (Å²) in [6, 6.07) is 5.18. The normalized spacial score (nSPS) is 21.6. The van der Waals surface area contributed by atoms with E-state index < -0.39 is 10.0 Å². The molecule has 2 aliphatic heterocycles. The summed E-state index contributed by atoms with van der Waals surface area (Å²) in [5.74, 6) is 0.588. The number of fused-ring (bicyclic) bond motifs is 1. The molecule has 0 saturated carbocycles. The van der Waals surface area contributed by atoms with Gasteiger partial charge in [0, 0.05) is 33.0 Å². The molecular weight excluding hydrogens is 304 g/mol. The number of piperidine rings is 1. The highest BCUT2D eigenvalue weighted by Gasteiger charge is 2.28. The van der Waals surface area contributed by atoms with Crippen molar-refractivity contribution < 1.29 is 17.9 Å². The third-order valence-corrected chi connectivity index (χ3v) is 5.74. The first-order valence-electron chi connectivity index (χ1n) is 7.45. The Labute approximate surface area is 130 Å². The number of carbonyl (C=O) groups excluding carboxylic acids is 1. The van der Waals surface area contributed by atoms with Gasteiger partial charge in [-0.2, -0.15) is 0 Å². The van der Waals surface area contributed by atoms with E-state index in [4.69, 9.17) is 4.74 Å². The second-order valence-electron chi connectivity index (χ2n) is 5.87. The number of hydrogen-bond acceptors (Lipinski definition) is 4. The van der Waals surface area contributed by atoms with Crippen molar-refractivity contribution in [1.29, 1.82) is 0 Å². The fraction of sp³-hybridized carbons (Fsp3) is 0.533. The quantitative estimate of drug-likeness (QED) is 0.887. The summed E-state index contributed by atoms with van der Waals surface area (Å²) in [5, 5.41) is 0. The first kappa shape index (κ1) is 15.3. The first-order chi connectivity index (χ1) is 10.5. The summed E-state index contributed by atoms with van der Waals surface area (Å²) in [5.41, 5.74) is 0.928. The zero-order chi connectivity index (χ0) is 15.7. The molecule has 22 heavy (non-hydrogen) atoms. The summed E-state index contributed by atoms with van der Waals surface area (Å²) < 4.78 is 33.1. The largest absolute Gasteiger partial charge is 0.492 e. The molecular formula is C15H20N2O4S. The van der Waals surface area contributed by atoms with E-state index in [9.17, 15) is 13.2 Å². The molecule has 1 aromatic rings. The molecule has 1 saturated heterocycles. The van der Waals surface area contributed by atoms with E-state index in [1.807, 2.05) is 6.07 Å². The average molecular weight is 324 g/mol. The van der Waals surface area contributed by atoms with Crippen LogP contribution >= 0.6 is 0 Å². The van der Waals surface area contributed by atoms with Gasteiger partial charge < -0.3 is 9.64 Å². The van der Waals surface area contributed by atoms with Crippen molar-refractivity contribution >= 4 is 15.9 Å². The molecule has 2 heterocycles. The lowest BCUT2D eigenvalue weighted by molar-refractivity contribution is -0.133. The van der Waals surface area contributed by atoms with Gasteiger partial charge in [-0.25, -0.2) is 13.1 Å². The van der Waals surface area contributed by atoms with Gasteiger partial charge in [0.25, 0.3) is 0 Å². The van der Waals surface area contributed by atoms with E-state index in [2.05, 4.69) is 4.72 Å². The van der Waals surface area contributed by atoms with E-state index in [-0.39, 0.29) is 23.3 Å². The fourth-order valence-electron chi connectivity index (χ4n) is 2.88. The van der Waals surface area contributed by atoms with Crippen LogP contribution in [-0.4, -0.2) is 46.0 Å². The molecule has 0 radical (unpaired) electrons. The minimum Gasteiger partial charge on any atom is -0.492 e. The maximum Gasteiger partial charge on any atom is 0.244 e. The van der Waals surface area contributed by atoms with E-state index in [0.29, 0.717) is 25.3 Å².